The lowest BCUT2D eigenvalue weighted by atomic mass is 10.1. The lowest BCUT2D eigenvalue weighted by Crippen LogP contribution is -2.11. The maximum Gasteiger partial charge on any atom is 0.416 e. The van der Waals surface area contributed by atoms with Gasteiger partial charge in [0.2, 0.25) is 5.95 Å². The quantitative estimate of drug-likeness (QED) is 0.496. The van der Waals surface area contributed by atoms with Crippen molar-refractivity contribution in [1.82, 2.24) is 15.3 Å². The van der Waals surface area contributed by atoms with E-state index >= 15 is 0 Å². The first-order chi connectivity index (χ1) is 12.7. The smallest absolute Gasteiger partial charge is 0.392 e. The third kappa shape index (κ3) is 5.73. The van der Waals surface area contributed by atoms with Crippen LogP contribution < -0.4 is 16.0 Å². The van der Waals surface area contributed by atoms with Crippen molar-refractivity contribution >= 4 is 41.2 Å². The molecular formula is C16H15Cl2F3N6. The van der Waals surface area contributed by atoms with Crippen LogP contribution in [0.4, 0.5) is 24.9 Å². The molecular weight excluding hydrogens is 404 g/mol. The normalized spacial score (nSPS) is 11.9. The first kappa shape index (κ1) is 20.8. The molecule has 0 spiro atoms. The lowest BCUT2D eigenvalue weighted by Gasteiger charge is -2.13. The number of hydrogen-bond donors (Lipinski definition) is 4. The van der Waals surface area contributed by atoms with E-state index in [0.717, 1.165) is 18.3 Å². The fourth-order valence-electron chi connectivity index (χ4n) is 2.02. The Morgan fingerprint density at radius 3 is 2.63 bits per heavy atom. The molecule has 0 amide bonds. The Morgan fingerprint density at radius 2 is 2.00 bits per heavy atom. The van der Waals surface area contributed by atoms with Crippen LogP contribution in [0.25, 0.3) is 0 Å². The van der Waals surface area contributed by atoms with E-state index in [-0.39, 0.29) is 33.9 Å². The van der Waals surface area contributed by atoms with Gasteiger partial charge in [-0.05, 0) is 23.8 Å². The van der Waals surface area contributed by atoms with E-state index in [9.17, 15) is 13.2 Å². The van der Waals surface area contributed by atoms with E-state index in [1.807, 2.05) is 0 Å². The standard InChI is InChI=1S/C16H15Cl2F3N6/c1-23-7-11(5-22)26-15-25-8-13(18)14(27-15)24-6-9-4-10(16(19,20)21)2-3-12(9)17/h2-5,7-8,22-23H,6H2,1H3,(H2,24,25,26,27)/b11-7+,22-5?. The summed E-state index contributed by atoms with van der Waals surface area (Å²) in [6.45, 7) is -0.0251. The number of rotatable bonds is 7. The zero-order valence-corrected chi connectivity index (χ0v) is 15.5. The molecule has 0 unspecified atom stereocenters. The van der Waals surface area contributed by atoms with Crippen LogP contribution in [0.15, 0.2) is 36.3 Å². The summed E-state index contributed by atoms with van der Waals surface area (Å²) in [5, 5.41) is 16.1. The summed E-state index contributed by atoms with van der Waals surface area (Å²) >= 11 is 12.0. The SMILES string of the molecule is CN/C=C(\C=N)Nc1ncc(Cl)c(NCc2cc(C(F)(F)F)ccc2Cl)n1. The maximum absolute atomic E-state index is 12.9. The molecule has 11 heteroatoms. The summed E-state index contributed by atoms with van der Waals surface area (Å²) in [5.74, 6) is 0.360. The van der Waals surface area contributed by atoms with Crippen LogP contribution in [0.5, 0.6) is 0 Å². The fourth-order valence-corrected chi connectivity index (χ4v) is 2.36. The van der Waals surface area contributed by atoms with Gasteiger partial charge in [-0.2, -0.15) is 18.2 Å². The molecule has 6 nitrogen and oxygen atoms in total. The predicted molar refractivity (Wildman–Crippen MR) is 100 cm³/mol. The summed E-state index contributed by atoms with van der Waals surface area (Å²) in [5.41, 5.74) is -0.162. The number of alkyl halides is 3. The number of nitrogens with zero attached hydrogens (tertiary/aromatic N) is 2. The van der Waals surface area contributed by atoms with Gasteiger partial charge in [-0.25, -0.2) is 4.98 Å². The van der Waals surface area contributed by atoms with E-state index in [1.165, 1.54) is 18.5 Å². The summed E-state index contributed by atoms with van der Waals surface area (Å²) < 4.78 is 38.6. The third-order valence-corrected chi connectivity index (χ3v) is 3.92. The highest BCUT2D eigenvalue weighted by molar-refractivity contribution is 6.33. The Balaban J connectivity index is 2.20. The summed E-state index contributed by atoms with van der Waals surface area (Å²) in [6.07, 6.45) is -0.551. The van der Waals surface area contributed by atoms with Crippen LogP contribution in [-0.4, -0.2) is 23.2 Å². The Bertz CT molecular complexity index is 855. The molecule has 27 heavy (non-hydrogen) atoms. The van der Waals surface area contributed by atoms with Gasteiger partial charge in [-0.15, -0.1) is 0 Å². The number of nitrogens with one attached hydrogen (secondary N) is 4. The molecule has 1 aromatic heterocycles. The van der Waals surface area contributed by atoms with Crippen molar-refractivity contribution in [3.63, 3.8) is 0 Å². The number of allylic oxidation sites excluding steroid dienone is 1. The first-order valence-electron chi connectivity index (χ1n) is 7.51. The van der Waals surface area contributed by atoms with E-state index < -0.39 is 11.7 Å². The second kappa shape index (κ2) is 8.92. The summed E-state index contributed by atoms with van der Waals surface area (Å²) in [7, 11) is 1.67. The molecule has 0 aliphatic carbocycles. The number of anilines is 2. The van der Waals surface area contributed by atoms with Crippen LogP contribution in [-0.2, 0) is 12.7 Å². The van der Waals surface area contributed by atoms with Crippen molar-refractivity contribution in [3.05, 3.63) is 57.5 Å². The third-order valence-electron chi connectivity index (χ3n) is 3.27. The molecule has 0 bridgehead atoms. The molecule has 2 rings (SSSR count). The molecule has 0 radical (unpaired) electrons. The molecule has 0 aliphatic rings. The molecule has 0 atom stereocenters. The molecule has 144 valence electrons. The van der Waals surface area contributed by atoms with Crippen molar-refractivity contribution < 1.29 is 13.2 Å². The molecule has 2 aromatic rings. The first-order valence-corrected chi connectivity index (χ1v) is 8.27. The van der Waals surface area contributed by atoms with Crippen molar-refractivity contribution in [2.45, 2.75) is 12.7 Å². The number of hydrogen-bond acceptors (Lipinski definition) is 6. The Morgan fingerprint density at radius 1 is 1.26 bits per heavy atom. The topological polar surface area (TPSA) is 85.7 Å². The highest BCUT2D eigenvalue weighted by Crippen LogP contribution is 2.32. The van der Waals surface area contributed by atoms with Crippen molar-refractivity contribution in [2.75, 3.05) is 17.7 Å². The van der Waals surface area contributed by atoms with Gasteiger partial charge in [0.05, 0.1) is 17.5 Å². The van der Waals surface area contributed by atoms with Crippen molar-refractivity contribution in [3.8, 4) is 0 Å². The molecule has 1 aromatic carbocycles. The minimum atomic E-state index is -4.47. The van der Waals surface area contributed by atoms with Gasteiger partial charge in [0.1, 0.15) is 5.02 Å². The van der Waals surface area contributed by atoms with Gasteiger partial charge in [0.15, 0.2) is 5.82 Å². The van der Waals surface area contributed by atoms with Crippen LogP contribution >= 0.6 is 23.2 Å². The second-order valence-electron chi connectivity index (χ2n) is 5.21. The largest absolute Gasteiger partial charge is 0.416 e. The number of aromatic nitrogens is 2. The van der Waals surface area contributed by atoms with Gasteiger partial charge < -0.3 is 21.4 Å². The van der Waals surface area contributed by atoms with Gasteiger partial charge in [0, 0.05) is 31.0 Å². The van der Waals surface area contributed by atoms with Crippen LogP contribution in [0.1, 0.15) is 11.1 Å². The summed E-state index contributed by atoms with van der Waals surface area (Å²) in [6, 6.07) is 3.07. The fraction of sp³-hybridized carbons (Fsp3) is 0.188. The highest BCUT2D eigenvalue weighted by atomic mass is 35.5. The molecule has 0 saturated carbocycles. The minimum absolute atomic E-state index is 0.0251. The van der Waals surface area contributed by atoms with E-state index in [1.54, 1.807) is 7.05 Å². The Kier molecular flexibility index (Phi) is 6.86. The monoisotopic (exact) mass is 418 g/mol. The van der Waals surface area contributed by atoms with Gasteiger partial charge in [-0.3, -0.25) is 0 Å². The number of halogens is 5. The molecule has 1 heterocycles. The van der Waals surface area contributed by atoms with E-state index in [4.69, 9.17) is 28.6 Å². The second-order valence-corrected chi connectivity index (χ2v) is 6.02. The Hall–Kier alpha value is -2.52. The van der Waals surface area contributed by atoms with Crippen LogP contribution in [0.3, 0.4) is 0 Å². The average molecular weight is 419 g/mol. The maximum atomic E-state index is 12.9. The predicted octanol–water partition coefficient (Wildman–Crippen LogP) is 4.54. The van der Waals surface area contributed by atoms with Crippen LogP contribution in [0, 0.1) is 5.41 Å². The van der Waals surface area contributed by atoms with Crippen molar-refractivity contribution in [1.29, 1.82) is 5.41 Å². The molecule has 0 aliphatic heterocycles. The minimum Gasteiger partial charge on any atom is -0.392 e. The lowest BCUT2D eigenvalue weighted by molar-refractivity contribution is -0.137. The van der Waals surface area contributed by atoms with Crippen LogP contribution in [0.2, 0.25) is 10.0 Å². The molecule has 0 saturated heterocycles. The summed E-state index contributed by atoms with van der Waals surface area (Å²) in [4.78, 5) is 8.14. The van der Waals surface area contributed by atoms with Gasteiger partial charge in [0.25, 0.3) is 0 Å². The average Bonchev–Trinajstić information content (AvgIpc) is 2.61. The molecule has 0 fully saturated rings. The van der Waals surface area contributed by atoms with Gasteiger partial charge in [-0.1, -0.05) is 23.2 Å². The molecule has 4 N–H and O–H groups in total. The van der Waals surface area contributed by atoms with E-state index in [0.29, 0.717) is 5.70 Å². The van der Waals surface area contributed by atoms with Gasteiger partial charge >= 0.3 is 6.18 Å². The zero-order chi connectivity index (χ0) is 20.0. The highest BCUT2D eigenvalue weighted by Gasteiger charge is 2.30. The zero-order valence-electron chi connectivity index (χ0n) is 14.0. The van der Waals surface area contributed by atoms with Crippen molar-refractivity contribution in [2.24, 2.45) is 0 Å². The Labute approximate surface area is 163 Å². The van der Waals surface area contributed by atoms with E-state index in [2.05, 4.69) is 25.9 Å². The number of benzene rings is 1.